The Balaban J connectivity index is 2.37. The second-order valence-corrected chi connectivity index (χ2v) is 8.94. The van der Waals surface area contributed by atoms with Gasteiger partial charge in [0.05, 0.1) is 0 Å². The van der Waals surface area contributed by atoms with Crippen molar-refractivity contribution in [1.29, 1.82) is 0 Å². The Labute approximate surface area is 130 Å². The van der Waals surface area contributed by atoms with Crippen LogP contribution in [0.25, 0.3) is 0 Å². The summed E-state index contributed by atoms with van der Waals surface area (Å²) < 4.78 is 0. The molecule has 0 aliphatic rings. The summed E-state index contributed by atoms with van der Waals surface area (Å²) in [5, 5.41) is 3.04. The number of hydrogen-bond acceptors (Lipinski definition) is 1. The molecule has 2 N–H and O–H groups in total. The van der Waals surface area contributed by atoms with Crippen LogP contribution in [0.1, 0.15) is 0 Å². The van der Waals surface area contributed by atoms with Gasteiger partial charge in [-0.05, 0) is 0 Å². The van der Waals surface area contributed by atoms with Crippen molar-refractivity contribution in [2.45, 2.75) is 0 Å². The quantitative estimate of drug-likeness (QED) is 0.740. The molecule has 110 valence electrons. The van der Waals surface area contributed by atoms with Crippen molar-refractivity contribution in [3.8, 4) is 0 Å². The summed E-state index contributed by atoms with van der Waals surface area (Å²) in [7, 11) is -2.86. The van der Waals surface area contributed by atoms with Gasteiger partial charge in [0.2, 0.25) is 0 Å². The molecule has 0 saturated carbocycles. The summed E-state index contributed by atoms with van der Waals surface area (Å²) in [5.41, 5.74) is 5.75. The molecule has 0 heterocycles. The molecule has 0 aliphatic heterocycles. The fraction of sp³-hybridized carbons (Fsp3) is 0. The van der Waals surface area contributed by atoms with E-state index >= 15 is 0 Å². The fourth-order valence-electron chi connectivity index (χ4n) is 2.99. The zero-order chi connectivity index (χ0) is 15.4. The Morgan fingerprint density at radius 1 is 0.591 bits per heavy atom. The number of hydrogen-bond donors (Lipinski definition) is 1. The van der Waals surface area contributed by atoms with E-state index in [0.717, 1.165) is 15.9 Å². The topological polar surface area (TPSA) is 43.1 Å². The third-order valence-corrected chi connectivity index (χ3v) is 8.33. The van der Waals surface area contributed by atoms with E-state index in [2.05, 4.69) is 0 Å². The molecule has 0 spiro atoms. The SMILES string of the molecule is NC(=O)[PH](c1ccccc1)(c1ccccc1)c1ccccc1. The first kappa shape index (κ1) is 14.5. The van der Waals surface area contributed by atoms with Gasteiger partial charge in [0.25, 0.3) is 0 Å². The van der Waals surface area contributed by atoms with Crippen LogP contribution in [0.15, 0.2) is 91.0 Å². The van der Waals surface area contributed by atoms with Crippen LogP contribution in [0, 0.1) is 0 Å². The van der Waals surface area contributed by atoms with Gasteiger partial charge in [-0.25, -0.2) is 0 Å². The van der Waals surface area contributed by atoms with Gasteiger partial charge in [0, 0.05) is 0 Å². The minimum atomic E-state index is -2.86. The van der Waals surface area contributed by atoms with Crippen molar-refractivity contribution in [2.24, 2.45) is 5.73 Å². The second kappa shape index (κ2) is 6.13. The number of benzene rings is 3. The fourth-order valence-corrected chi connectivity index (χ4v) is 6.92. The minimum absolute atomic E-state index is 0.240. The summed E-state index contributed by atoms with van der Waals surface area (Å²) >= 11 is 0. The number of carbonyl (C=O) groups excluding carboxylic acids is 1. The molecule has 2 nitrogen and oxygen atoms in total. The Morgan fingerprint density at radius 3 is 1.09 bits per heavy atom. The van der Waals surface area contributed by atoms with Gasteiger partial charge < -0.3 is 0 Å². The summed E-state index contributed by atoms with van der Waals surface area (Å²) in [6.45, 7) is 0. The van der Waals surface area contributed by atoms with Crippen LogP contribution in [0.4, 0.5) is 4.79 Å². The van der Waals surface area contributed by atoms with E-state index in [1.165, 1.54) is 0 Å². The van der Waals surface area contributed by atoms with Crippen LogP contribution in [0.5, 0.6) is 0 Å². The molecule has 0 fully saturated rings. The second-order valence-electron chi connectivity index (χ2n) is 5.21. The van der Waals surface area contributed by atoms with Crippen molar-refractivity contribution < 1.29 is 4.79 Å². The zero-order valence-electron chi connectivity index (χ0n) is 12.1. The standard InChI is InChI=1S/C19H18NOP/c20-19(21)22(16-10-4-1-5-11-16,17-12-6-2-7-13-17)18-14-8-3-9-15-18/h1-15,22H,(H2,20,21). The summed E-state index contributed by atoms with van der Waals surface area (Å²) in [6, 6.07) is 29.7. The molecule has 0 radical (unpaired) electrons. The first-order valence-electron chi connectivity index (χ1n) is 7.22. The van der Waals surface area contributed by atoms with Crippen LogP contribution in [-0.4, -0.2) is 5.65 Å². The van der Waals surface area contributed by atoms with Gasteiger partial charge in [0.1, 0.15) is 0 Å². The zero-order valence-corrected chi connectivity index (χ0v) is 13.1. The first-order chi connectivity index (χ1) is 10.8. The normalized spacial score (nSPS) is 11.8. The average molecular weight is 307 g/mol. The Bertz CT molecular complexity index is 661. The van der Waals surface area contributed by atoms with Gasteiger partial charge in [-0.1, -0.05) is 0 Å². The van der Waals surface area contributed by atoms with E-state index in [-0.39, 0.29) is 5.65 Å². The Kier molecular flexibility index (Phi) is 4.04. The predicted octanol–water partition coefficient (Wildman–Crippen LogP) is 2.79. The average Bonchev–Trinajstić information content (AvgIpc) is 2.58. The van der Waals surface area contributed by atoms with Crippen molar-refractivity contribution in [1.82, 2.24) is 0 Å². The van der Waals surface area contributed by atoms with Crippen LogP contribution in [0.3, 0.4) is 0 Å². The Morgan fingerprint density at radius 2 is 0.864 bits per heavy atom. The van der Waals surface area contributed by atoms with E-state index < -0.39 is 7.26 Å². The Hall–Kier alpha value is -2.44. The number of amides is 1. The van der Waals surface area contributed by atoms with Crippen LogP contribution in [-0.2, 0) is 0 Å². The van der Waals surface area contributed by atoms with Gasteiger partial charge in [-0.3, -0.25) is 0 Å². The number of primary amides is 1. The monoisotopic (exact) mass is 307 g/mol. The molecule has 0 atom stereocenters. The molecule has 0 saturated heterocycles. The molecular formula is C19H18NOP. The summed E-state index contributed by atoms with van der Waals surface area (Å²) in [6.07, 6.45) is 0. The van der Waals surface area contributed by atoms with E-state index in [0.29, 0.717) is 0 Å². The summed E-state index contributed by atoms with van der Waals surface area (Å²) in [4.78, 5) is 12.7. The number of rotatable bonds is 4. The first-order valence-corrected chi connectivity index (χ1v) is 9.22. The molecule has 0 bridgehead atoms. The molecule has 22 heavy (non-hydrogen) atoms. The van der Waals surface area contributed by atoms with Gasteiger partial charge in [-0.2, -0.15) is 0 Å². The number of nitrogens with two attached hydrogens (primary N) is 1. The van der Waals surface area contributed by atoms with E-state index in [9.17, 15) is 4.79 Å². The molecule has 3 aromatic carbocycles. The van der Waals surface area contributed by atoms with Crippen LogP contribution < -0.4 is 21.6 Å². The molecule has 1 amide bonds. The van der Waals surface area contributed by atoms with E-state index in [1.54, 1.807) is 0 Å². The third-order valence-electron chi connectivity index (χ3n) is 3.99. The van der Waals surface area contributed by atoms with E-state index in [1.807, 2.05) is 91.0 Å². The predicted molar refractivity (Wildman–Crippen MR) is 96.1 cm³/mol. The summed E-state index contributed by atoms with van der Waals surface area (Å²) in [5.74, 6) is 0. The van der Waals surface area contributed by atoms with Crippen molar-refractivity contribution >= 4 is 28.8 Å². The van der Waals surface area contributed by atoms with Crippen molar-refractivity contribution in [3.63, 3.8) is 0 Å². The third kappa shape index (κ3) is 2.32. The number of carbonyl (C=O) groups is 1. The molecule has 0 unspecified atom stereocenters. The van der Waals surface area contributed by atoms with Crippen LogP contribution >= 0.6 is 7.26 Å². The molecular weight excluding hydrogens is 289 g/mol. The van der Waals surface area contributed by atoms with Crippen molar-refractivity contribution in [3.05, 3.63) is 91.0 Å². The maximum atomic E-state index is 12.7. The molecule has 0 aromatic heterocycles. The maximum absolute atomic E-state index is 12.7. The van der Waals surface area contributed by atoms with Gasteiger partial charge >= 0.3 is 130 Å². The van der Waals surface area contributed by atoms with E-state index in [4.69, 9.17) is 5.73 Å². The molecule has 3 aromatic rings. The van der Waals surface area contributed by atoms with Gasteiger partial charge in [-0.15, -0.1) is 0 Å². The molecule has 3 heteroatoms. The van der Waals surface area contributed by atoms with Crippen LogP contribution in [0.2, 0.25) is 0 Å². The molecule has 0 aliphatic carbocycles. The van der Waals surface area contributed by atoms with Gasteiger partial charge in [0.15, 0.2) is 0 Å². The van der Waals surface area contributed by atoms with Crippen molar-refractivity contribution in [2.75, 3.05) is 0 Å². The molecule has 3 rings (SSSR count).